The summed E-state index contributed by atoms with van der Waals surface area (Å²) in [5.41, 5.74) is 7.51. The molecule has 0 bridgehead atoms. The van der Waals surface area contributed by atoms with Crippen molar-refractivity contribution in [1.29, 1.82) is 0 Å². The lowest BCUT2D eigenvalue weighted by Crippen LogP contribution is -2.35. The monoisotopic (exact) mass is 260 g/mol. The predicted molar refractivity (Wildman–Crippen MR) is 75.7 cm³/mol. The van der Waals surface area contributed by atoms with E-state index < -0.39 is 0 Å². The van der Waals surface area contributed by atoms with E-state index >= 15 is 0 Å². The minimum Gasteiger partial charge on any atom is -0.322 e. The topological polar surface area (TPSA) is 46.3 Å². The van der Waals surface area contributed by atoms with Crippen LogP contribution in [0.2, 0.25) is 0 Å². The van der Waals surface area contributed by atoms with Crippen molar-refractivity contribution >= 4 is 22.9 Å². The summed E-state index contributed by atoms with van der Waals surface area (Å²) < 4.78 is 0. The molecule has 0 aliphatic heterocycles. The number of amides is 1. The summed E-state index contributed by atoms with van der Waals surface area (Å²) >= 11 is 1.64. The number of nitrogens with zero attached hydrogens (tertiary/aromatic N) is 1. The van der Waals surface area contributed by atoms with Gasteiger partial charge in [-0.25, -0.2) is 0 Å². The summed E-state index contributed by atoms with van der Waals surface area (Å²) in [7, 11) is 0. The lowest BCUT2D eigenvalue weighted by atomic mass is 10.1. The van der Waals surface area contributed by atoms with Crippen LogP contribution in [0.4, 0.5) is 5.69 Å². The highest BCUT2D eigenvalue weighted by Gasteiger charge is 2.16. The van der Waals surface area contributed by atoms with Crippen LogP contribution < -0.4 is 10.6 Å². The average molecular weight is 260 g/mol. The Morgan fingerprint density at radius 3 is 2.67 bits per heavy atom. The fourth-order valence-electron chi connectivity index (χ4n) is 1.84. The second-order valence-electron chi connectivity index (χ2n) is 4.05. The summed E-state index contributed by atoms with van der Waals surface area (Å²) in [6.45, 7) is 2.61. The SMILES string of the molecule is Cc1ccccc1N(Cc1cccs1)C(=O)CN. The van der Waals surface area contributed by atoms with Crippen LogP contribution >= 0.6 is 11.3 Å². The number of anilines is 1. The molecule has 3 nitrogen and oxygen atoms in total. The Kier molecular flexibility index (Phi) is 4.12. The van der Waals surface area contributed by atoms with Crippen LogP contribution in [0, 0.1) is 6.92 Å². The maximum absolute atomic E-state index is 12.0. The van der Waals surface area contributed by atoms with Gasteiger partial charge in [-0.3, -0.25) is 4.79 Å². The van der Waals surface area contributed by atoms with Gasteiger partial charge in [0.1, 0.15) is 0 Å². The van der Waals surface area contributed by atoms with Gasteiger partial charge in [0.15, 0.2) is 0 Å². The van der Waals surface area contributed by atoms with Gasteiger partial charge >= 0.3 is 0 Å². The van der Waals surface area contributed by atoms with Crippen molar-refractivity contribution in [3.8, 4) is 0 Å². The Morgan fingerprint density at radius 1 is 1.28 bits per heavy atom. The first-order valence-electron chi connectivity index (χ1n) is 5.81. The van der Waals surface area contributed by atoms with Crippen molar-refractivity contribution in [2.45, 2.75) is 13.5 Å². The van der Waals surface area contributed by atoms with Gasteiger partial charge in [0.05, 0.1) is 13.1 Å². The van der Waals surface area contributed by atoms with E-state index in [-0.39, 0.29) is 12.5 Å². The van der Waals surface area contributed by atoms with E-state index in [1.54, 1.807) is 16.2 Å². The molecule has 2 rings (SSSR count). The molecule has 0 aliphatic carbocycles. The highest BCUT2D eigenvalue weighted by atomic mass is 32.1. The maximum atomic E-state index is 12.0. The Balaban J connectivity index is 2.31. The number of aryl methyl sites for hydroxylation is 1. The van der Waals surface area contributed by atoms with Crippen LogP contribution in [0.5, 0.6) is 0 Å². The van der Waals surface area contributed by atoms with E-state index in [1.165, 1.54) is 0 Å². The Morgan fingerprint density at radius 2 is 2.06 bits per heavy atom. The van der Waals surface area contributed by atoms with Crippen molar-refractivity contribution in [2.75, 3.05) is 11.4 Å². The number of nitrogens with two attached hydrogens (primary N) is 1. The lowest BCUT2D eigenvalue weighted by Gasteiger charge is -2.23. The molecule has 0 saturated heterocycles. The van der Waals surface area contributed by atoms with Crippen molar-refractivity contribution < 1.29 is 4.79 Å². The predicted octanol–water partition coefficient (Wildman–Crippen LogP) is 2.55. The van der Waals surface area contributed by atoms with E-state index in [2.05, 4.69) is 0 Å². The number of hydrogen-bond donors (Lipinski definition) is 1. The van der Waals surface area contributed by atoms with Gasteiger partial charge in [-0.15, -0.1) is 11.3 Å². The molecule has 0 fully saturated rings. The zero-order valence-corrected chi connectivity index (χ0v) is 11.1. The molecule has 0 spiro atoms. The van der Waals surface area contributed by atoms with Gasteiger partial charge in [-0.05, 0) is 30.0 Å². The number of carbonyl (C=O) groups is 1. The number of thiophene rings is 1. The van der Waals surface area contributed by atoms with Crippen molar-refractivity contribution in [2.24, 2.45) is 5.73 Å². The normalized spacial score (nSPS) is 10.3. The van der Waals surface area contributed by atoms with Crippen molar-refractivity contribution in [3.63, 3.8) is 0 Å². The summed E-state index contributed by atoms with van der Waals surface area (Å²) in [5.74, 6) is -0.0577. The molecule has 1 amide bonds. The minimum absolute atomic E-state index is 0.0275. The van der Waals surface area contributed by atoms with Gasteiger partial charge in [0, 0.05) is 10.6 Å². The fraction of sp³-hybridized carbons (Fsp3) is 0.214. The lowest BCUT2D eigenvalue weighted by molar-refractivity contribution is -0.117. The number of hydrogen-bond acceptors (Lipinski definition) is 3. The zero-order chi connectivity index (χ0) is 13.0. The molecule has 1 aromatic carbocycles. The largest absolute Gasteiger partial charge is 0.322 e. The second-order valence-corrected chi connectivity index (χ2v) is 5.08. The van der Waals surface area contributed by atoms with E-state index in [9.17, 15) is 4.79 Å². The van der Waals surface area contributed by atoms with E-state index in [4.69, 9.17) is 5.73 Å². The third kappa shape index (κ3) is 2.78. The molecule has 0 radical (unpaired) electrons. The van der Waals surface area contributed by atoms with Crippen molar-refractivity contribution in [3.05, 3.63) is 52.2 Å². The van der Waals surface area contributed by atoms with Crippen LogP contribution in [0.15, 0.2) is 41.8 Å². The fourth-order valence-corrected chi connectivity index (χ4v) is 2.54. The first-order valence-corrected chi connectivity index (χ1v) is 6.69. The average Bonchev–Trinajstić information content (AvgIpc) is 2.89. The number of benzene rings is 1. The van der Waals surface area contributed by atoms with E-state index in [0.29, 0.717) is 6.54 Å². The van der Waals surface area contributed by atoms with Gasteiger partial charge in [0.25, 0.3) is 0 Å². The minimum atomic E-state index is -0.0577. The molecule has 0 atom stereocenters. The highest BCUT2D eigenvalue weighted by molar-refractivity contribution is 7.09. The molecule has 2 N–H and O–H groups in total. The smallest absolute Gasteiger partial charge is 0.241 e. The van der Waals surface area contributed by atoms with E-state index in [1.807, 2.05) is 48.7 Å². The molecule has 2 aromatic rings. The molecule has 1 aromatic heterocycles. The molecular weight excluding hydrogens is 244 g/mol. The summed E-state index contributed by atoms with van der Waals surface area (Å²) in [5, 5.41) is 2.01. The number of rotatable bonds is 4. The Bertz CT molecular complexity index is 522. The quantitative estimate of drug-likeness (QED) is 0.918. The molecule has 94 valence electrons. The summed E-state index contributed by atoms with van der Waals surface area (Å²) in [6.07, 6.45) is 0. The van der Waals surface area contributed by atoms with Gasteiger partial charge in [-0.2, -0.15) is 0 Å². The van der Waals surface area contributed by atoms with Crippen LogP contribution in [0.3, 0.4) is 0 Å². The number of carbonyl (C=O) groups excluding carboxylic acids is 1. The Hall–Kier alpha value is -1.65. The zero-order valence-electron chi connectivity index (χ0n) is 10.3. The van der Waals surface area contributed by atoms with Gasteiger partial charge < -0.3 is 10.6 Å². The van der Waals surface area contributed by atoms with Gasteiger partial charge in [0.2, 0.25) is 5.91 Å². The second kappa shape index (κ2) is 5.80. The van der Waals surface area contributed by atoms with Crippen LogP contribution in [-0.2, 0) is 11.3 Å². The molecule has 18 heavy (non-hydrogen) atoms. The van der Waals surface area contributed by atoms with Crippen LogP contribution in [0.25, 0.3) is 0 Å². The first kappa shape index (κ1) is 12.8. The van der Waals surface area contributed by atoms with Crippen molar-refractivity contribution in [1.82, 2.24) is 0 Å². The van der Waals surface area contributed by atoms with Crippen LogP contribution in [0.1, 0.15) is 10.4 Å². The first-order chi connectivity index (χ1) is 8.72. The molecule has 1 heterocycles. The van der Waals surface area contributed by atoms with E-state index in [0.717, 1.165) is 16.1 Å². The summed E-state index contributed by atoms with van der Waals surface area (Å²) in [4.78, 5) is 14.9. The number of para-hydroxylation sites is 1. The Labute approximate surface area is 111 Å². The summed E-state index contributed by atoms with van der Waals surface area (Å²) in [6, 6.07) is 11.9. The molecule has 0 saturated carbocycles. The third-order valence-corrected chi connectivity index (χ3v) is 3.64. The maximum Gasteiger partial charge on any atom is 0.241 e. The van der Waals surface area contributed by atoms with Crippen LogP contribution in [-0.4, -0.2) is 12.5 Å². The standard InChI is InChI=1S/C14H16N2OS/c1-11-5-2-3-7-13(11)16(14(17)9-15)10-12-6-4-8-18-12/h2-8H,9-10,15H2,1H3. The van der Waals surface area contributed by atoms with Gasteiger partial charge in [-0.1, -0.05) is 24.3 Å². The highest BCUT2D eigenvalue weighted by Crippen LogP contribution is 2.23. The molecular formula is C14H16N2OS. The molecule has 0 unspecified atom stereocenters. The molecule has 0 aliphatic rings. The third-order valence-electron chi connectivity index (χ3n) is 2.78. The molecule has 4 heteroatoms.